The van der Waals surface area contributed by atoms with Crippen LogP contribution in [0.4, 0.5) is 14.5 Å². The molecular weight excluding hydrogens is 260 g/mol. The molecular formula is C16H17F2NO. The summed E-state index contributed by atoms with van der Waals surface area (Å²) in [7, 11) is 0. The van der Waals surface area contributed by atoms with Gasteiger partial charge >= 0.3 is 0 Å². The van der Waals surface area contributed by atoms with Crippen molar-refractivity contribution < 1.29 is 13.9 Å². The highest BCUT2D eigenvalue weighted by Gasteiger charge is 2.09. The maximum atomic E-state index is 13.2. The minimum absolute atomic E-state index is 0.300. The summed E-state index contributed by atoms with van der Waals surface area (Å²) in [5.41, 5.74) is 2.59. The fraction of sp³-hybridized carbons (Fsp3) is 0.250. The number of phenols is 1. The second kappa shape index (κ2) is 6.37. The SMILES string of the molecule is CCCc1ccccc1NCc1cc(F)c(O)c(F)c1. The Kier molecular flexibility index (Phi) is 4.56. The molecule has 0 atom stereocenters. The lowest BCUT2D eigenvalue weighted by atomic mass is 10.1. The summed E-state index contributed by atoms with van der Waals surface area (Å²) < 4.78 is 26.5. The van der Waals surface area contributed by atoms with Gasteiger partial charge in [-0.05, 0) is 35.7 Å². The van der Waals surface area contributed by atoms with E-state index < -0.39 is 17.4 Å². The molecule has 0 bridgehead atoms. The quantitative estimate of drug-likeness (QED) is 0.857. The number of hydrogen-bond donors (Lipinski definition) is 2. The Balaban J connectivity index is 2.13. The zero-order valence-corrected chi connectivity index (χ0v) is 11.3. The van der Waals surface area contributed by atoms with E-state index in [1.165, 1.54) is 5.56 Å². The molecule has 0 unspecified atom stereocenters. The molecule has 0 aliphatic rings. The third-order valence-electron chi connectivity index (χ3n) is 3.10. The van der Waals surface area contributed by atoms with E-state index in [-0.39, 0.29) is 0 Å². The summed E-state index contributed by atoms with van der Waals surface area (Å²) in [6, 6.07) is 10.1. The highest BCUT2D eigenvalue weighted by molar-refractivity contribution is 5.51. The first-order chi connectivity index (χ1) is 9.61. The molecule has 0 amide bonds. The number of nitrogens with one attached hydrogen (secondary N) is 1. The predicted octanol–water partition coefficient (Wildman–Crippen LogP) is 4.24. The van der Waals surface area contributed by atoms with E-state index in [0.717, 1.165) is 30.7 Å². The van der Waals surface area contributed by atoms with Gasteiger partial charge in [-0.3, -0.25) is 0 Å². The standard InChI is InChI=1S/C16H17F2NO/c1-2-5-12-6-3-4-7-15(12)19-10-11-8-13(17)16(20)14(18)9-11/h3-4,6-9,19-20H,2,5,10H2,1H3. The van der Waals surface area contributed by atoms with Gasteiger partial charge in [-0.2, -0.15) is 0 Å². The molecule has 0 aliphatic heterocycles. The van der Waals surface area contributed by atoms with Crippen LogP contribution in [0.2, 0.25) is 0 Å². The van der Waals surface area contributed by atoms with Crippen LogP contribution in [0.5, 0.6) is 5.75 Å². The monoisotopic (exact) mass is 277 g/mol. The summed E-state index contributed by atoms with van der Waals surface area (Å²) in [4.78, 5) is 0. The molecule has 0 aliphatic carbocycles. The second-order valence-corrected chi connectivity index (χ2v) is 4.67. The van der Waals surface area contributed by atoms with Crippen molar-refractivity contribution in [3.05, 3.63) is 59.2 Å². The van der Waals surface area contributed by atoms with Gasteiger partial charge < -0.3 is 10.4 Å². The number of anilines is 1. The lowest BCUT2D eigenvalue weighted by molar-refractivity contribution is 0.395. The maximum Gasteiger partial charge on any atom is 0.187 e. The molecule has 2 aromatic rings. The summed E-state index contributed by atoms with van der Waals surface area (Å²) in [6.45, 7) is 2.40. The van der Waals surface area contributed by atoms with E-state index >= 15 is 0 Å². The Morgan fingerprint density at radius 3 is 2.40 bits per heavy atom. The van der Waals surface area contributed by atoms with E-state index in [9.17, 15) is 8.78 Å². The Labute approximate surface area is 117 Å². The van der Waals surface area contributed by atoms with E-state index in [0.29, 0.717) is 12.1 Å². The Bertz CT molecular complexity index is 576. The largest absolute Gasteiger partial charge is 0.503 e. The van der Waals surface area contributed by atoms with Crippen LogP contribution in [0.1, 0.15) is 24.5 Å². The normalized spacial score (nSPS) is 10.6. The van der Waals surface area contributed by atoms with Gasteiger partial charge in [-0.1, -0.05) is 31.5 Å². The molecule has 2 N–H and O–H groups in total. The van der Waals surface area contributed by atoms with Gasteiger partial charge in [0.25, 0.3) is 0 Å². The number of halogens is 2. The molecule has 106 valence electrons. The van der Waals surface area contributed by atoms with Crippen LogP contribution in [-0.4, -0.2) is 5.11 Å². The third kappa shape index (κ3) is 3.26. The van der Waals surface area contributed by atoms with Crippen molar-refractivity contribution in [2.24, 2.45) is 0 Å². The molecule has 20 heavy (non-hydrogen) atoms. The van der Waals surface area contributed by atoms with Gasteiger partial charge in [-0.25, -0.2) is 8.78 Å². The van der Waals surface area contributed by atoms with Gasteiger partial charge in [-0.15, -0.1) is 0 Å². The number of aromatic hydroxyl groups is 1. The zero-order chi connectivity index (χ0) is 14.5. The second-order valence-electron chi connectivity index (χ2n) is 4.67. The molecule has 4 heteroatoms. The number of aryl methyl sites for hydroxylation is 1. The summed E-state index contributed by atoms with van der Waals surface area (Å²) in [5, 5.41) is 12.2. The minimum Gasteiger partial charge on any atom is -0.503 e. The fourth-order valence-corrected chi connectivity index (χ4v) is 2.10. The molecule has 0 saturated carbocycles. The summed E-state index contributed by atoms with van der Waals surface area (Å²) in [6.07, 6.45) is 1.97. The Morgan fingerprint density at radius 2 is 1.75 bits per heavy atom. The molecule has 0 aromatic heterocycles. The molecule has 0 saturated heterocycles. The van der Waals surface area contributed by atoms with Gasteiger partial charge in [0, 0.05) is 12.2 Å². The van der Waals surface area contributed by atoms with Crippen molar-refractivity contribution in [3.8, 4) is 5.75 Å². The smallest absolute Gasteiger partial charge is 0.187 e. The van der Waals surface area contributed by atoms with Crippen LogP contribution in [0.3, 0.4) is 0 Å². The van der Waals surface area contributed by atoms with Gasteiger partial charge in [0.05, 0.1) is 0 Å². The van der Waals surface area contributed by atoms with Crippen molar-refractivity contribution in [1.82, 2.24) is 0 Å². The summed E-state index contributed by atoms with van der Waals surface area (Å²) in [5.74, 6) is -2.81. The van der Waals surface area contributed by atoms with E-state index in [4.69, 9.17) is 5.11 Å². The van der Waals surface area contributed by atoms with Crippen LogP contribution >= 0.6 is 0 Å². The molecule has 2 rings (SSSR count). The highest BCUT2D eigenvalue weighted by Crippen LogP contribution is 2.23. The molecule has 0 fully saturated rings. The van der Waals surface area contributed by atoms with Crippen molar-refractivity contribution in [1.29, 1.82) is 0 Å². The van der Waals surface area contributed by atoms with Gasteiger partial charge in [0.15, 0.2) is 17.4 Å². The summed E-state index contributed by atoms with van der Waals surface area (Å²) >= 11 is 0. The molecule has 0 radical (unpaired) electrons. The first-order valence-corrected chi connectivity index (χ1v) is 6.60. The lowest BCUT2D eigenvalue weighted by Gasteiger charge is -2.12. The first kappa shape index (κ1) is 14.3. The lowest BCUT2D eigenvalue weighted by Crippen LogP contribution is -2.03. The Morgan fingerprint density at radius 1 is 1.10 bits per heavy atom. The third-order valence-corrected chi connectivity index (χ3v) is 3.10. The molecule has 0 heterocycles. The average molecular weight is 277 g/mol. The number of benzene rings is 2. The number of rotatable bonds is 5. The predicted molar refractivity (Wildman–Crippen MR) is 75.8 cm³/mol. The molecule has 2 nitrogen and oxygen atoms in total. The zero-order valence-electron chi connectivity index (χ0n) is 11.3. The fourth-order valence-electron chi connectivity index (χ4n) is 2.10. The Hall–Kier alpha value is -2.10. The van der Waals surface area contributed by atoms with Gasteiger partial charge in [0.1, 0.15) is 0 Å². The van der Waals surface area contributed by atoms with Crippen LogP contribution < -0.4 is 5.32 Å². The van der Waals surface area contributed by atoms with Gasteiger partial charge in [0.2, 0.25) is 0 Å². The van der Waals surface area contributed by atoms with Crippen molar-refractivity contribution in [3.63, 3.8) is 0 Å². The van der Waals surface area contributed by atoms with Crippen molar-refractivity contribution in [2.45, 2.75) is 26.3 Å². The minimum atomic E-state index is -0.941. The molecule has 0 spiro atoms. The number of phenolic OH excluding ortho intramolecular Hbond substituents is 1. The van der Waals surface area contributed by atoms with Crippen LogP contribution in [-0.2, 0) is 13.0 Å². The maximum absolute atomic E-state index is 13.2. The van der Waals surface area contributed by atoms with Crippen LogP contribution in [0.25, 0.3) is 0 Å². The molecule has 2 aromatic carbocycles. The van der Waals surface area contributed by atoms with Crippen LogP contribution in [0, 0.1) is 11.6 Å². The average Bonchev–Trinajstić information content (AvgIpc) is 2.44. The highest BCUT2D eigenvalue weighted by atomic mass is 19.1. The van der Waals surface area contributed by atoms with E-state index in [2.05, 4.69) is 12.2 Å². The van der Waals surface area contributed by atoms with Crippen LogP contribution in [0.15, 0.2) is 36.4 Å². The van der Waals surface area contributed by atoms with Crippen molar-refractivity contribution in [2.75, 3.05) is 5.32 Å². The van der Waals surface area contributed by atoms with E-state index in [1.807, 2.05) is 24.3 Å². The number of para-hydroxylation sites is 1. The van der Waals surface area contributed by atoms with E-state index in [1.54, 1.807) is 0 Å². The topological polar surface area (TPSA) is 32.3 Å². The first-order valence-electron chi connectivity index (χ1n) is 6.60. The van der Waals surface area contributed by atoms with Crippen molar-refractivity contribution >= 4 is 5.69 Å². The number of hydrogen-bond acceptors (Lipinski definition) is 2.